The van der Waals surface area contributed by atoms with Crippen LogP contribution in [0, 0.1) is 25.2 Å². The number of nitriles is 1. The minimum absolute atomic E-state index is 0.530. The molecule has 0 aliphatic carbocycles. The number of rotatable bonds is 2. The zero-order valence-electron chi connectivity index (χ0n) is 10.4. The number of nitrogens with two attached hydrogens (primary N) is 1. The van der Waals surface area contributed by atoms with Crippen molar-refractivity contribution >= 4 is 17.4 Å². The van der Waals surface area contributed by atoms with Gasteiger partial charge in [-0.05, 0) is 43.7 Å². The van der Waals surface area contributed by atoms with E-state index in [1.807, 2.05) is 12.1 Å². The molecule has 0 aliphatic rings. The summed E-state index contributed by atoms with van der Waals surface area (Å²) in [7, 11) is 0. The van der Waals surface area contributed by atoms with E-state index in [1.54, 1.807) is 17.8 Å². The van der Waals surface area contributed by atoms with Gasteiger partial charge in [0.15, 0.2) is 0 Å². The molecule has 0 unspecified atom stereocenters. The average molecular weight is 254 g/mol. The number of nitrogen functional groups attached to an aromatic ring is 1. The normalized spacial score (nSPS) is 10.1. The fourth-order valence-corrected chi connectivity index (χ4v) is 2.66. The van der Waals surface area contributed by atoms with E-state index in [1.165, 1.54) is 16.0 Å². The van der Waals surface area contributed by atoms with Crippen LogP contribution in [0.2, 0.25) is 0 Å². The van der Waals surface area contributed by atoms with Gasteiger partial charge >= 0.3 is 0 Å². The molecular formula is C15H14N2S. The highest BCUT2D eigenvalue weighted by Crippen LogP contribution is 2.32. The van der Waals surface area contributed by atoms with Gasteiger partial charge in [-0.3, -0.25) is 0 Å². The summed E-state index contributed by atoms with van der Waals surface area (Å²) >= 11 is 1.65. The summed E-state index contributed by atoms with van der Waals surface area (Å²) < 4.78 is 0. The van der Waals surface area contributed by atoms with Crippen molar-refractivity contribution in [3.05, 3.63) is 53.1 Å². The third kappa shape index (κ3) is 2.66. The van der Waals surface area contributed by atoms with Crippen LogP contribution in [-0.4, -0.2) is 0 Å². The lowest BCUT2D eigenvalue weighted by Gasteiger charge is -2.07. The van der Waals surface area contributed by atoms with E-state index in [0.717, 1.165) is 4.90 Å². The standard InChI is InChI=1S/C15H14N2S/c1-10-3-6-15(11(2)7-10)18-13-4-5-14(17)12(8-13)9-16/h3-8H,17H2,1-2H3. The lowest BCUT2D eigenvalue weighted by atomic mass is 10.2. The van der Waals surface area contributed by atoms with Crippen LogP contribution in [0.15, 0.2) is 46.2 Å². The maximum Gasteiger partial charge on any atom is 0.101 e. The SMILES string of the molecule is Cc1ccc(Sc2ccc(N)c(C#N)c2)c(C)c1. The van der Waals surface area contributed by atoms with Crippen molar-refractivity contribution in [1.29, 1.82) is 5.26 Å². The third-order valence-electron chi connectivity index (χ3n) is 2.70. The quantitative estimate of drug-likeness (QED) is 0.827. The van der Waals surface area contributed by atoms with E-state index >= 15 is 0 Å². The molecule has 0 aromatic heterocycles. The summed E-state index contributed by atoms with van der Waals surface area (Å²) in [6, 6.07) is 14.0. The summed E-state index contributed by atoms with van der Waals surface area (Å²) in [4.78, 5) is 2.24. The van der Waals surface area contributed by atoms with Crippen LogP contribution in [0.25, 0.3) is 0 Å². The molecule has 0 radical (unpaired) electrons. The molecular weight excluding hydrogens is 240 g/mol. The monoisotopic (exact) mass is 254 g/mol. The smallest absolute Gasteiger partial charge is 0.101 e. The van der Waals surface area contributed by atoms with E-state index < -0.39 is 0 Å². The van der Waals surface area contributed by atoms with Crippen molar-refractivity contribution in [1.82, 2.24) is 0 Å². The second-order valence-electron chi connectivity index (χ2n) is 4.23. The van der Waals surface area contributed by atoms with E-state index in [0.29, 0.717) is 11.3 Å². The van der Waals surface area contributed by atoms with Crippen LogP contribution >= 0.6 is 11.8 Å². The second kappa shape index (κ2) is 5.16. The number of aryl methyl sites for hydroxylation is 2. The average Bonchev–Trinajstić information content (AvgIpc) is 2.35. The minimum Gasteiger partial charge on any atom is -0.398 e. The van der Waals surface area contributed by atoms with Gasteiger partial charge in [-0.2, -0.15) is 5.26 Å². The van der Waals surface area contributed by atoms with E-state index in [4.69, 9.17) is 11.0 Å². The molecule has 2 aromatic rings. The molecule has 18 heavy (non-hydrogen) atoms. The van der Waals surface area contributed by atoms with E-state index in [-0.39, 0.29) is 0 Å². The first-order chi connectivity index (χ1) is 8.60. The Bertz CT molecular complexity index is 627. The molecule has 0 amide bonds. The van der Waals surface area contributed by atoms with Crippen LogP contribution in [0.4, 0.5) is 5.69 Å². The summed E-state index contributed by atoms with van der Waals surface area (Å²) in [6.07, 6.45) is 0. The summed E-state index contributed by atoms with van der Waals surface area (Å²) in [5.74, 6) is 0. The van der Waals surface area contributed by atoms with Crippen molar-refractivity contribution in [3.63, 3.8) is 0 Å². The van der Waals surface area contributed by atoms with Gasteiger partial charge in [0.1, 0.15) is 6.07 Å². The maximum absolute atomic E-state index is 8.96. The Labute approximate surface area is 111 Å². The van der Waals surface area contributed by atoms with Crippen LogP contribution in [0.5, 0.6) is 0 Å². The van der Waals surface area contributed by atoms with Crippen molar-refractivity contribution in [2.75, 3.05) is 5.73 Å². The Morgan fingerprint density at radius 2 is 1.89 bits per heavy atom. The zero-order valence-corrected chi connectivity index (χ0v) is 11.2. The third-order valence-corrected chi connectivity index (χ3v) is 3.87. The lowest BCUT2D eigenvalue weighted by molar-refractivity contribution is 1.26. The van der Waals surface area contributed by atoms with Gasteiger partial charge in [-0.1, -0.05) is 29.5 Å². The van der Waals surface area contributed by atoms with Gasteiger partial charge in [0.25, 0.3) is 0 Å². The van der Waals surface area contributed by atoms with Crippen LogP contribution < -0.4 is 5.73 Å². The zero-order chi connectivity index (χ0) is 13.1. The largest absolute Gasteiger partial charge is 0.398 e. The summed E-state index contributed by atoms with van der Waals surface area (Å²) in [6.45, 7) is 4.18. The van der Waals surface area contributed by atoms with Crippen LogP contribution in [0.1, 0.15) is 16.7 Å². The second-order valence-corrected chi connectivity index (χ2v) is 5.35. The summed E-state index contributed by atoms with van der Waals surface area (Å²) in [5.41, 5.74) is 9.28. The van der Waals surface area contributed by atoms with Gasteiger partial charge in [-0.25, -0.2) is 0 Å². The molecule has 0 heterocycles. The molecule has 2 aromatic carbocycles. The highest BCUT2D eigenvalue weighted by Gasteiger charge is 2.04. The van der Waals surface area contributed by atoms with Crippen molar-refractivity contribution < 1.29 is 0 Å². The minimum atomic E-state index is 0.530. The predicted octanol–water partition coefficient (Wildman–Crippen LogP) is 3.91. The first-order valence-electron chi connectivity index (χ1n) is 5.65. The maximum atomic E-state index is 8.96. The molecule has 0 aliphatic heterocycles. The van der Waals surface area contributed by atoms with Gasteiger partial charge < -0.3 is 5.73 Å². The first kappa shape index (κ1) is 12.5. The Balaban J connectivity index is 2.32. The number of hydrogen-bond donors (Lipinski definition) is 1. The topological polar surface area (TPSA) is 49.8 Å². The highest BCUT2D eigenvalue weighted by molar-refractivity contribution is 7.99. The van der Waals surface area contributed by atoms with Gasteiger partial charge in [0.05, 0.1) is 5.56 Å². The van der Waals surface area contributed by atoms with Gasteiger partial charge in [-0.15, -0.1) is 0 Å². The molecule has 0 bridgehead atoms. The van der Waals surface area contributed by atoms with Crippen molar-refractivity contribution in [3.8, 4) is 6.07 Å². The van der Waals surface area contributed by atoms with Crippen LogP contribution in [-0.2, 0) is 0 Å². The molecule has 0 fully saturated rings. The molecule has 0 spiro atoms. The van der Waals surface area contributed by atoms with Crippen molar-refractivity contribution in [2.24, 2.45) is 0 Å². The summed E-state index contributed by atoms with van der Waals surface area (Å²) in [5, 5.41) is 8.96. The fourth-order valence-electron chi connectivity index (χ4n) is 1.74. The Hall–Kier alpha value is -1.92. The Morgan fingerprint density at radius 1 is 1.11 bits per heavy atom. The number of hydrogen-bond acceptors (Lipinski definition) is 3. The van der Waals surface area contributed by atoms with E-state index in [2.05, 4.69) is 38.1 Å². The number of anilines is 1. The number of benzene rings is 2. The molecule has 0 saturated heterocycles. The molecule has 3 heteroatoms. The molecule has 0 saturated carbocycles. The van der Waals surface area contributed by atoms with Crippen molar-refractivity contribution in [2.45, 2.75) is 23.6 Å². The molecule has 2 nitrogen and oxygen atoms in total. The molecule has 0 atom stereocenters. The lowest BCUT2D eigenvalue weighted by Crippen LogP contribution is -1.90. The first-order valence-corrected chi connectivity index (χ1v) is 6.46. The number of nitrogens with zero attached hydrogens (tertiary/aromatic N) is 1. The molecule has 2 rings (SSSR count). The van der Waals surface area contributed by atoms with Gasteiger partial charge in [0, 0.05) is 15.5 Å². The van der Waals surface area contributed by atoms with Gasteiger partial charge in [0.2, 0.25) is 0 Å². The molecule has 90 valence electrons. The van der Waals surface area contributed by atoms with Crippen LogP contribution in [0.3, 0.4) is 0 Å². The van der Waals surface area contributed by atoms with E-state index in [9.17, 15) is 0 Å². The Morgan fingerprint density at radius 3 is 2.56 bits per heavy atom. The predicted molar refractivity (Wildman–Crippen MR) is 75.6 cm³/mol. The highest BCUT2D eigenvalue weighted by atomic mass is 32.2. The Kier molecular flexibility index (Phi) is 3.59. The molecule has 2 N–H and O–H groups in total. The fraction of sp³-hybridized carbons (Fsp3) is 0.133.